The van der Waals surface area contributed by atoms with Gasteiger partial charge in [-0.1, -0.05) is 23.7 Å². The Balaban J connectivity index is 2.34. The van der Waals surface area contributed by atoms with Crippen LogP contribution in [0.5, 0.6) is 0 Å². The van der Waals surface area contributed by atoms with E-state index in [0.29, 0.717) is 18.0 Å². The van der Waals surface area contributed by atoms with Crippen LogP contribution >= 0.6 is 11.6 Å². The van der Waals surface area contributed by atoms with E-state index in [1.54, 1.807) is 0 Å². The summed E-state index contributed by atoms with van der Waals surface area (Å²) in [5, 5.41) is 3.93. The number of nitrogens with one attached hydrogen (secondary N) is 1. The predicted molar refractivity (Wildman–Crippen MR) is 56.4 cm³/mol. The second-order valence-electron chi connectivity index (χ2n) is 3.91. The SMILES string of the molecule is CC1(c2cccc(Cl)c2)CC(=O)CN1. The lowest BCUT2D eigenvalue weighted by Gasteiger charge is -2.24. The lowest BCUT2D eigenvalue weighted by Crippen LogP contribution is -2.32. The van der Waals surface area contributed by atoms with Crippen molar-refractivity contribution in [3.63, 3.8) is 0 Å². The highest BCUT2D eigenvalue weighted by Crippen LogP contribution is 2.29. The molecular formula is C11H12ClNO. The van der Waals surface area contributed by atoms with E-state index in [0.717, 1.165) is 5.56 Å². The molecule has 1 aliphatic heterocycles. The molecule has 0 saturated carbocycles. The minimum absolute atomic E-state index is 0.234. The van der Waals surface area contributed by atoms with Gasteiger partial charge >= 0.3 is 0 Å². The number of benzene rings is 1. The zero-order valence-corrected chi connectivity index (χ0v) is 8.77. The Morgan fingerprint density at radius 1 is 1.50 bits per heavy atom. The van der Waals surface area contributed by atoms with E-state index in [1.807, 2.05) is 31.2 Å². The number of rotatable bonds is 1. The minimum atomic E-state index is -0.234. The van der Waals surface area contributed by atoms with E-state index in [4.69, 9.17) is 11.6 Å². The molecule has 0 aliphatic carbocycles. The topological polar surface area (TPSA) is 29.1 Å². The molecule has 1 N–H and O–H groups in total. The average molecular weight is 210 g/mol. The largest absolute Gasteiger partial charge is 0.300 e. The third-order valence-electron chi connectivity index (χ3n) is 2.69. The maximum Gasteiger partial charge on any atom is 0.148 e. The van der Waals surface area contributed by atoms with E-state index < -0.39 is 0 Å². The number of carbonyl (C=O) groups is 1. The number of halogens is 1. The van der Waals surface area contributed by atoms with Crippen molar-refractivity contribution >= 4 is 17.4 Å². The number of Topliss-reactive ketones (excluding diaryl/α,β-unsaturated/α-hetero) is 1. The molecule has 1 aromatic carbocycles. The van der Waals surface area contributed by atoms with Crippen LogP contribution in [0.4, 0.5) is 0 Å². The van der Waals surface area contributed by atoms with Crippen molar-refractivity contribution < 1.29 is 4.79 Å². The van der Waals surface area contributed by atoms with Gasteiger partial charge in [0, 0.05) is 17.0 Å². The molecule has 1 saturated heterocycles. The summed E-state index contributed by atoms with van der Waals surface area (Å²) in [7, 11) is 0. The van der Waals surface area contributed by atoms with Crippen molar-refractivity contribution in [3.8, 4) is 0 Å². The predicted octanol–water partition coefficient (Wildman–Crippen LogP) is 2.12. The average Bonchev–Trinajstić information content (AvgIpc) is 2.48. The highest BCUT2D eigenvalue weighted by Gasteiger charge is 2.34. The summed E-state index contributed by atoms with van der Waals surface area (Å²) in [4.78, 5) is 11.2. The lowest BCUT2D eigenvalue weighted by molar-refractivity contribution is -0.116. The fourth-order valence-corrected chi connectivity index (χ4v) is 2.04. The normalized spacial score (nSPS) is 26.9. The first-order chi connectivity index (χ1) is 6.60. The van der Waals surface area contributed by atoms with E-state index >= 15 is 0 Å². The van der Waals surface area contributed by atoms with E-state index in [1.165, 1.54) is 0 Å². The molecule has 1 fully saturated rings. The van der Waals surface area contributed by atoms with Crippen LogP contribution in [0.2, 0.25) is 5.02 Å². The number of hydrogen-bond acceptors (Lipinski definition) is 2. The van der Waals surface area contributed by atoms with Gasteiger partial charge in [0.15, 0.2) is 0 Å². The molecule has 1 aliphatic rings. The van der Waals surface area contributed by atoms with Gasteiger partial charge in [0.2, 0.25) is 0 Å². The van der Waals surface area contributed by atoms with Crippen LogP contribution in [0.1, 0.15) is 18.9 Å². The number of hydrogen-bond donors (Lipinski definition) is 1. The van der Waals surface area contributed by atoms with Crippen molar-refractivity contribution in [1.82, 2.24) is 5.32 Å². The molecule has 14 heavy (non-hydrogen) atoms. The molecule has 1 atom stereocenters. The van der Waals surface area contributed by atoms with Gasteiger partial charge in [-0.15, -0.1) is 0 Å². The highest BCUT2D eigenvalue weighted by molar-refractivity contribution is 6.30. The Morgan fingerprint density at radius 2 is 2.29 bits per heavy atom. The molecule has 3 heteroatoms. The molecule has 0 spiro atoms. The maximum absolute atomic E-state index is 11.2. The quantitative estimate of drug-likeness (QED) is 0.768. The lowest BCUT2D eigenvalue weighted by atomic mass is 9.90. The van der Waals surface area contributed by atoms with Gasteiger partial charge in [-0.2, -0.15) is 0 Å². The van der Waals surface area contributed by atoms with Crippen molar-refractivity contribution in [1.29, 1.82) is 0 Å². The molecule has 1 aromatic rings. The standard InChI is InChI=1S/C11H12ClNO/c1-11(6-10(14)7-13-11)8-3-2-4-9(12)5-8/h2-5,13H,6-7H2,1H3. The molecule has 0 aromatic heterocycles. The Labute approximate surface area is 88.3 Å². The van der Waals surface area contributed by atoms with Crippen LogP contribution in [-0.2, 0) is 10.3 Å². The summed E-state index contributed by atoms with van der Waals surface area (Å²) in [6.45, 7) is 2.49. The van der Waals surface area contributed by atoms with Crippen molar-refractivity contribution in [2.75, 3.05) is 6.54 Å². The van der Waals surface area contributed by atoms with E-state index in [2.05, 4.69) is 5.32 Å². The van der Waals surface area contributed by atoms with Gasteiger partial charge in [0.05, 0.1) is 6.54 Å². The first kappa shape index (κ1) is 9.69. The van der Waals surface area contributed by atoms with E-state index in [-0.39, 0.29) is 11.3 Å². The van der Waals surface area contributed by atoms with Gasteiger partial charge in [-0.3, -0.25) is 4.79 Å². The van der Waals surface area contributed by atoms with Gasteiger partial charge in [-0.25, -0.2) is 0 Å². The molecule has 1 unspecified atom stereocenters. The van der Waals surface area contributed by atoms with Crippen molar-refractivity contribution in [2.24, 2.45) is 0 Å². The number of carbonyl (C=O) groups excluding carboxylic acids is 1. The Hall–Kier alpha value is -0.860. The van der Waals surface area contributed by atoms with E-state index in [9.17, 15) is 4.79 Å². The van der Waals surface area contributed by atoms with Gasteiger partial charge in [-0.05, 0) is 24.6 Å². The third kappa shape index (κ3) is 1.68. The first-order valence-corrected chi connectivity index (χ1v) is 5.01. The zero-order valence-electron chi connectivity index (χ0n) is 8.01. The van der Waals surface area contributed by atoms with Gasteiger partial charge in [0.25, 0.3) is 0 Å². The Bertz CT molecular complexity index is 377. The second kappa shape index (κ2) is 3.37. The monoisotopic (exact) mass is 209 g/mol. The molecule has 0 amide bonds. The maximum atomic E-state index is 11.2. The summed E-state index contributed by atoms with van der Waals surface area (Å²) < 4.78 is 0. The molecule has 0 radical (unpaired) electrons. The van der Waals surface area contributed by atoms with Crippen molar-refractivity contribution in [2.45, 2.75) is 18.9 Å². The van der Waals surface area contributed by atoms with Crippen LogP contribution in [0.25, 0.3) is 0 Å². The first-order valence-electron chi connectivity index (χ1n) is 4.63. The molecular weight excluding hydrogens is 198 g/mol. The fraction of sp³-hybridized carbons (Fsp3) is 0.364. The van der Waals surface area contributed by atoms with Crippen LogP contribution in [0, 0.1) is 0 Å². The van der Waals surface area contributed by atoms with Crippen LogP contribution < -0.4 is 5.32 Å². The zero-order chi connectivity index (χ0) is 10.2. The van der Waals surface area contributed by atoms with Crippen LogP contribution in [0.15, 0.2) is 24.3 Å². The van der Waals surface area contributed by atoms with Crippen LogP contribution in [-0.4, -0.2) is 12.3 Å². The fourth-order valence-electron chi connectivity index (χ4n) is 1.85. The number of ketones is 1. The highest BCUT2D eigenvalue weighted by atomic mass is 35.5. The third-order valence-corrected chi connectivity index (χ3v) is 2.92. The van der Waals surface area contributed by atoms with Crippen LogP contribution in [0.3, 0.4) is 0 Å². The molecule has 1 heterocycles. The molecule has 2 nitrogen and oxygen atoms in total. The summed E-state index contributed by atoms with van der Waals surface area (Å²) in [5.41, 5.74) is 0.845. The Kier molecular flexibility index (Phi) is 2.33. The molecule has 74 valence electrons. The summed E-state index contributed by atoms with van der Waals surface area (Å²) in [5.74, 6) is 0.257. The summed E-state index contributed by atoms with van der Waals surface area (Å²) in [6, 6.07) is 7.66. The smallest absolute Gasteiger partial charge is 0.148 e. The summed E-state index contributed by atoms with van der Waals surface area (Å²) >= 11 is 5.91. The minimum Gasteiger partial charge on any atom is -0.300 e. The Morgan fingerprint density at radius 3 is 2.86 bits per heavy atom. The van der Waals surface area contributed by atoms with Crippen molar-refractivity contribution in [3.05, 3.63) is 34.9 Å². The molecule has 0 bridgehead atoms. The molecule has 2 rings (SSSR count). The van der Waals surface area contributed by atoms with Gasteiger partial charge in [0.1, 0.15) is 5.78 Å². The second-order valence-corrected chi connectivity index (χ2v) is 4.35. The van der Waals surface area contributed by atoms with Gasteiger partial charge < -0.3 is 5.32 Å². The summed E-state index contributed by atoms with van der Waals surface area (Å²) in [6.07, 6.45) is 0.549.